The molecule has 1 atom stereocenters. The lowest BCUT2D eigenvalue weighted by molar-refractivity contribution is 0.0234. The SMILES string of the molecule is CC(C)(C)OC(=O)N1CCC[C@H]1CNc1nc(-c2cccc(Cl)c2)no1. The van der Waals surface area contributed by atoms with Crippen LogP contribution in [0.25, 0.3) is 11.4 Å². The maximum Gasteiger partial charge on any atom is 0.410 e. The minimum Gasteiger partial charge on any atom is -0.444 e. The standard InChI is InChI=1S/C18H23ClN4O3/c1-18(2,3)25-17(24)23-9-5-8-14(23)11-20-16-21-15(22-26-16)12-6-4-7-13(19)10-12/h4,6-7,10,14H,5,8-9,11H2,1-3H3,(H,20,21,22)/t14-/m0/s1. The molecule has 0 unspecified atom stereocenters. The summed E-state index contributed by atoms with van der Waals surface area (Å²) < 4.78 is 10.7. The van der Waals surface area contributed by atoms with Gasteiger partial charge in [0.1, 0.15) is 5.60 Å². The van der Waals surface area contributed by atoms with E-state index in [4.69, 9.17) is 20.9 Å². The Kier molecular flexibility index (Phi) is 5.36. The zero-order valence-corrected chi connectivity index (χ0v) is 15.9. The van der Waals surface area contributed by atoms with E-state index in [1.165, 1.54) is 0 Å². The molecule has 3 rings (SSSR count). The second kappa shape index (κ2) is 7.53. The topological polar surface area (TPSA) is 80.5 Å². The van der Waals surface area contributed by atoms with Crippen molar-refractivity contribution in [3.63, 3.8) is 0 Å². The van der Waals surface area contributed by atoms with E-state index in [1.807, 2.05) is 32.9 Å². The maximum atomic E-state index is 12.3. The van der Waals surface area contributed by atoms with Gasteiger partial charge in [0.05, 0.1) is 6.04 Å². The normalized spacial score (nSPS) is 17.4. The third-order valence-corrected chi connectivity index (χ3v) is 4.24. The van der Waals surface area contributed by atoms with Gasteiger partial charge in [-0.3, -0.25) is 0 Å². The molecular weight excluding hydrogens is 356 g/mol. The smallest absolute Gasteiger partial charge is 0.410 e. The summed E-state index contributed by atoms with van der Waals surface area (Å²) in [6, 6.07) is 7.61. The first-order valence-electron chi connectivity index (χ1n) is 8.65. The summed E-state index contributed by atoms with van der Waals surface area (Å²) in [5.41, 5.74) is 0.279. The van der Waals surface area contributed by atoms with Crippen molar-refractivity contribution < 1.29 is 14.1 Å². The molecule has 1 aliphatic heterocycles. The number of halogens is 1. The molecule has 0 saturated carbocycles. The maximum absolute atomic E-state index is 12.3. The molecule has 2 heterocycles. The molecule has 1 N–H and O–H groups in total. The number of likely N-dealkylation sites (tertiary alicyclic amines) is 1. The molecule has 2 aromatic rings. The van der Waals surface area contributed by atoms with Crippen molar-refractivity contribution in [1.82, 2.24) is 15.0 Å². The summed E-state index contributed by atoms with van der Waals surface area (Å²) in [5, 5.41) is 7.69. The van der Waals surface area contributed by atoms with Gasteiger partial charge >= 0.3 is 12.1 Å². The van der Waals surface area contributed by atoms with Crippen LogP contribution in [0.3, 0.4) is 0 Å². The van der Waals surface area contributed by atoms with Gasteiger partial charge in [-0.1, -0.05) is 28.9 Å². The van der Waals surface area contributed by atoms with E-state index in [0.29, 0.717) is 30.0 Å². The van der Waals surface area contributed by atoms with Crippen molar-refractivity contribution in [1.29, 1.82) is 0 Å². The summed E-state index contributed by atoms with van der Waals surface area (Å²) in [6.45, 7) is 6.81. The van der Waals surface area contributed by atoms with Crippen molar-refractivity contribution in [3.05, 3.63) is 29.3 Å². The van der Waals surface area contributed by atoms with Gasteiger partial charge in [-0.15, -0.1) is 0 Å². The summed E-state index contributed by atoms with van der Waals surface area (Å²) in [6.07, 6.45) is 1.57. The van der Waals surface area contributed by atoms with E-state index >= 15 is 0 Å². The van der Waals surface area contributed by atoms with E-state index < -0.39 is 5.60 Å². The van der Waals surface area contributed by atoms with Crippen LogP contribution in [-0.2, 0) is 4.74 Å². The van der Waals surface area contributed by atoms with Gasteiger partial charge in [0, 0.05) is 23.7 Å². The highest BCUT2D eigenvalue weighted by Gasteiger charge is 2.32. The Balaban J connectivity index is 1.59. The summed E-state index contributed by atoms with van der Waals surface area (Å²) in [7, 11) is 0. The van der Waals surface area contributed by atoms with Crippen LogP contribution in [-0.4, -0.2) is 45.9 Å². The number of rotatable bonds is 4. The van der Waals surface area contributed by atoms with E-state index in [1.54, 1.807) is 17.0 Å². The minimum absolute atomic E-state index is 0.0337. The number of aromatic nitrogens is 2. The quantitative estimate of drug-likeness (QED) is 0.858. The molecule has 0 spiro atoms. The van der Waals surface area contributed by atoms with E-state index in [0.717, 1.165) is 18.4 Å². The predicted molar refractivity (Wildman–Crippen MR) is 99.2 cm³/mol. The fraction of sp³-hybridized carbons (Fsp3) is 0.500. The molecule has 0 aliphatic carbocycles. The van der Waals surface area contributed by atoms with Crippen molar-refractivity contribution in [3.8, 4) is 11.4 Å². The van der Waals surface area contributed by atoms with Crippen LogP contribution < -0.4 is 5.32 Å². The molecule has 1 aromatic carbocycles. The molecule has 8 heteroatoms. The van der Waals surface area contributed by atoms with Gasteiger partial charge in [-0.05, 0) is 45.7 Å². The summed E-state index contributed by atoms with van der Waals surface area (Å²) >= 11 is 5.99. The number of benzene rings is 1. The highest BCUT2D eigenvalue weighted by molar-refractivity contribution is 6.30. The Morgan fingerprint density at radius 1 is 1.46 bits per heavy atom. The second-order valence-corrected chi connectivity index (χ2v) is 7.72. The summed E-state index contributed by atoms with van der Waals surface area (Å²) in [5.74, 6) is 0.463. The first kappa shape index (κ1) is 18.5. The first-order valence-corrected chi connectivity index (χ1v) is 9.03. The lowest BCUT2D eigenvalue weighted by atomic mass is 10.2. The van der Waals surface area contributed by atoms with Gasteiger partial charge in [0.25, 0.3) is 0 Å². The van der Waals surface area contributed by atoms with Crippen LogP contribution >= 0.6 is 11.6 Å². The van der Waals surface area contributed by atoms with Crippen LogP contribution in [0, 0.1) is 0 Å². The average Bonchev–Trinajstić information content (AvgIpc) is 3.20. The van der Waals surface area contributed by atoms with Crippen LogP contribution in [0.15, 0.2) is 28.8 Å². The van der Waals surface area contributed by atoms with Gasteiger partial charge in [-0.25, -0.2) is 4.79 Å². The van der Waals surface area contributed by atoms with Crippen LogP contribution in [0.2, 0.25) is 5.02 Å². The molecule has 1 aromatic heterocycles. The molecule has 26 heavy (non-hydrogen) atoms. The average molecular weight is 379 g/mol. The number of carbonyl (C=O) groups excluding carboxylic acids is 1. The first-order chi connectivity index (χ1) is 12.3. The fourth-order valence-electron chi connectivity index (χ4n) is 2.85. The molecule has 1 aliphatic rings. The Bertz CT molecular complexity index is 772. The van der Waals surface area contributed by atoms with E-state index in [-0.39, 0.29) is 12.1 Å². The number of amides is 1. The van der Waals surface area contributed by atoms with Crippen molar-refractivity contribution in [2.24, 2.45) is 0 Å². The Morgan fingerprint density at radius 3 is 3.00 bits per heavy atom. The predicted octanol–water partition coefficient (Wildman–Crippen LogP) is 4.20. The number of anilines is 1. The minimum atomic E-state index is -0.504. The number of ether oxygens (including phenoxy) is 1. The zero-order chi connectivity index (χ0) is 18.7. The van der Waals surface area contributed by atoms with E-state index in [2.05, 4.69) is 15.5 Å². The van der Waals surface area contributed by atoms with Crippen LogP contribution in [0.1, 0.15) is 33.6 Å². The van der Waals surface area contributed by atoms with Crippen LogP contribution in [0.4, 0.5) is 10.8 Å². The lowest BCUT2D eigenvalue weighted by Crippen LogP contribution is -2.42. The number of nitrogens with one attached hydrogen (secondary N) is 1. The highest BCUT2D eigenvalue weighted by Crippen LogP contribution is 2.23. The van der Waals surface area contributed by atoms with Gasteiger partial charge in [-0.2, -0.15) is 4.98 Å². The Labute approximate surface area is 157 Å². The monoisotopic (exact) mass is 378 g/mol. The fourth-order valence-corrected chi connectivity index (χ4v) is 3.04. The molecule has 1 amide bonds. The molecule has 1 saturated heterocycles. The summed E-state index contributed by atoms with van der Waals surface area (Å²) in [4.78, 5) is 18.4. The van der Waals surface area contributed by atoms with Gasteiger partial charge in [0.2, 0.25) is 5.82 Å². The van der Waals surface area contributed by atoms with E-state index in [9.17, 15) is 4.79 Å². The van der Waals surface area contributed by atoms with Crippen molar-refractivity contribution in [2.45, 2.75) is 45.3 Å². The Hall–Kier alpha value is -2.28. The molecule has 0 bridgehead atoms. The van der Waals surface area contributed by atoms with Gasteiger partial charge < -0.3 is 19.5 Å². The highest BCUT2D eigenvalue weighted by atomic mass is 35.5. The lowest BCUT2D eigenvalue weighted by Gasteiger charge is -2.28. The zero-order valence-electron chi connectivity index (χ0n) is 15.2. The third-order valence-electron chi connectivity index (χ3n) is 4.00. The molecule has 140 valence electrons. The number of nitrogens with zero attached hydrogens (tertiary/aromatic N) is 3. The number of hydrogen-bond acceptors (Lipinski definition) is 6. The third kappa shape index (κ3) is 4.66. The molecular formula is C18H23ClN4O3. The Morgan fingerprint density at radius 2 is 2.27 bits per heavy atom. The van der Waals surface area contributed by atoms with Crippen molar-refractivity contribution in [2.75, 3.05) is 18.4 Å². The molecule has 1 fully saturated rings. The largest absolute Gasteiger partial charge is 0.444 e. The molecule has 7 nitrogen and oxygen atoms in total. The second-order valence-electron chi connectivity index (χ2n) is 7.28. The van der Waals surface area contributed by atoms with Crippen LogP contribution in [0.5, 0.6) is 0 Å². The van der Waals surface area contributed by atoms with Gasteiger partial charge in [0.15, 0.2) is 0 Å². The number of carbonyl (C=O) groups is 1. The number of hydrogen-bond donors (Lipinski definition) is 1. The molecule has 0 radical (unpaired) electrons. The van der Waals surface area contributed by atoms with Crippen molar-refractivity contribution >= 4 is 23.7 Å².